The van der Waals surface area contributed by atoms with Crippen molar-refractivity contribution in [1.29, 1.82) is 0 Å². The standard InChI is InChI=1S/C12H19N3O2S/c1-7-12(16,4-5-17-7)6-14-11-9(8-2-3-8)10(13)15-18-11/h7-8,14,16H,2-6H2,1H3,(H2,13,15). The smallest absolute Gasteiger partial charge is 0.142 e. The van der Waals surface area contributed by atoms with Gasteiger partial charge in [-0.25, -0.2) is 0 Å². The number of aromatic nitrogens is 1. The summed E-state index contributed by atoms with van der Waals surface area (Å²) in [4.78, 5) is 0. The number of anilines is 2. The molecule has 0 amide bonds. The van der Waals surface area contributed by atoms with Crippen LogP contribution in [0.2, 0.25) is 0 Å². The van der Waals surface area contributed by atoms with Crippen LogP contribution in [0.4, 0.5) is 10.8 Å². The van der Waals surface area contributed by atoms with Crippen LogP contribution in [-0.4, -0.2) is 34.3 Å². The van der Waals surface area contributed by atoms with E-state index >= 15 is 0 Å². The van der Waals surface area contributed by atoms with Crippen molar-refractivity contribution in [3.8, 4) is 0 Å². The van der Waals surface area contributed by atoms with Gasteiger partial charge < -0.3 is 20.9 Å². The minimum atomic E-state index is -0.778. The molecule has 0 radical (unpaired) electrons. The Morgan fingerprint density at radius 2 is 2.39 bits per heavy atom. The summed E-state index contributed by atoms with van der Waals surface area (Å²) in [6.45, 7) is 3.03. The van der Waals surface area contributed by atoms with Crippen molar-refractivity contribution < 1.29 is 9.84 Å². The van der Waals surface area contributed by atoms with Crippen LogP contribution in [0.15, 0.2) is 0 Å². The lowest BCUT2D eigenvalue weighted by Crippen LogP contribution is -2.43. The molecule has 18 heavy (non-hydrogen) atoms. The minimum Gasteiger partial charge on any atom is -0.385 e. The Morgan fingerprint density at radius 1 is 1.61 bits per heavy atom. The monoisotopic (exact) mass is 269 g/mol. The predicted molar refractivity (Wildman–Crippen MR) is 72.0 cm³/mol. The molecule has 1 saturated heterocycles. The molecule has 0 bridgehead atoms. The van der Waals surface area contributed by atoms with Crippen LogP contribution in [0.1, 0.15) is 37.7 Å². The number of ether oxygens (including phenoxy) is 1. The van der Waals surface area contributed by atoms with E-state index in [1.54, 1.807) is 0 Å². The lowest BCUT2D eigenvalue weighted by atomic mass is 9.97. The molecule has 1 saturated carbocycles. The van der Waals surface area contributed by atoms with Crippen LogP contribution in [-0.2, 0) is 4.74 Å². The van der Waals surface area contributed by atoms with Gasteiger partial charge in [0.15, 0.2) is 0 Å². The van der Waals surface area contributed by atoms with E-state index in [1.807, 2.05) is 6.92 Å². The molecule has 1 aliphatic carbocycles. The lowest BCUT2D eigenvalue weighted by molar-refractivity contribution is -0.0175. The van der Waals surface area contributed by atoms with Gasteiger partial charge in [-0.05, 0) is 37.2 Å². The molecule has 0 spiro atoms. The van der Waals surface area contributed by atoms with Crippen molar-refractivity contribution in [2.75, 3.05) is 24.2 Å². The number of aliphatic hydroxyl groups is 1. The van der Waals surface area contributed by atoms with Crippen molar-refractivity contribution in [2.24, 2.45) is 0 Å². The van der Waals surface area contributed by atoms with E-state index in [9.17, 15) is 5.11 Å². The third-order valence-electron chi connectivity index (χ3n) is 3.96. The van der Waals surface area contributed by atoms with Gasteiger partial charge in [0.2, 0.25) is 0 Å². The number of nitrogens with two attached hydrogens (primary N) is 1. The number of hydrogen-bond donors (Lipinski definition) is 3. The largest absolute Gasteiger partial charge is 0.385 e. The van der Waals surface area contributed by atoms with Crippen LogP contribution in [0, 0.1) is 0 Å². The molecule has 2 heterocycles. The summed E-state index contributed by atoms with van der Waals surface area (Å²) in [6, 6.07) is 0. The van der Waals surface area contributed by atoms with Crippen molar-refractivity contribution in [3.05, 3.63) is 5.56 Å². The van der Waals surface area contributed by atoms with Crippen LogP contribution in [0.5, 0.6) is 0 Å². The van der Waals surface area contributed by atoms with E-state index in [-0.39, 0.29) is 6.10 Å². The Balaban J connectivity index is 1.70. The van der Waals surface area contributed by atoms with Crippen LogP contribution >= 0.6 is 11.5 Å². The zero-order valence-electron chi connectivity index (χ0n) is 10.5. The summed E-state index contributed by atoms with van der Waals surface area (Å²) >= 11 is 1.39. The summed E-state index contributed by atoms with van der Waals surface area (Å²) in [6.07, 6.45) is 2.94. The van der Waals surface area contributed by atoms with Gasteiger partial charge in [-0.15, -0.1) is 0 Å². The van der Waals surface area contributed by atoms with Crippen molar-refractivity contribution in [2.45, 2.75) is 43.8 Å². The fraction of sp³-hybridized carbons (Fsp3) is 0.750. The molecule has 5 nitrogen and oxygen atoms in total. The van der Waals surface area contributed by atoms with E-state index in [0.717, 1.165) is 10.6 Å². The fourth-order valence-corrected chi connectivity index (χ4v) is 3.23. The molecule has 4 N–H and O–H groups in total. The highest BCUT2D eigenvalue weighted by atomic mass is 32.1. The number of nitrogens with zero attached hydrogens (tertiary/aromatic N) is 1. The van der Waals surface area contributed by atoms with Crippen molar-refractivity contribution >= 4 is 22.4 Å². The number of hydrogen-bond acceptors (Lipinski definition) is 6. The second kappa shape index (κ2) is 4.36. The minimum absolute atomic E-state index is 0.125. The molecule has 0 aromatic carbocycles. The van der Waals surface area contributed by atoms with Gasteiger partial charge in [0.1, 0.15) is 16.4 Å². The second-order valence-corrected chi connectivity index (χ2v) is 6.08. The van der Waals surface area contributed by atoms with Gasteiger partial charge in [0.05, 0.1) is 6.10 Å². The van der Waals surface area contributed by atoms with Gasteiger partial charge in [0, 0.05) is 25.1 Å². The van der Waals surface area contributed by atoms with Crippen LogP contribution < -0.4 is 11.1 Å². The Bertz CT molecular complexity index is 447. The molecular formula is C12H19N3O2S. The molecule has 2 aliphatic rings. The molecule has 3 rings (SSSR count). The summed E-state index contributed by atoms with van der Waals surface area (Å²) in [5, 5.41) is 14.8. The maximum atomic E-state index is 10.4. The Kier molecular flexibility index (Phi) is 2.96. The van der Waals surface area contributed by atoms with Gasteiger partial charge in [0.25, 0.3) is 0 Å². The first-order chi connectivity index (χ1) is 8.60. The van der Waals surface area contributed by atoms with E-state index in [0.29, 0.717) is 31.3 Å². The van der Waals surface area contributed by atoms with Crippen LogP contribution in [0.25, 0.3) is 0 Å². The molecule has 1 aromatic rings. The normalized spacial score (nSPS) is 31.8. The average molecular weight is 269 g/mol. The Hall–Kier alpha value is -0.850. The van der Waals surface area contributed by atoms with E-state index in [4.69, 9.17) is 10.5 Å². The van der Waals surface area contributed by atoms with Gasteiger partial charge in [-0.2, -0.15) is 4.37 Å². The molecule has 2 unspecified atom stereocenters. The molecule has 2 atom stereocenters. The van der Waals surface area contributed by atoms with Gasteiger partial charge >= 0.3 is 0 Å². The van der Waals surface area contributed by atoms with Crippen molar-refractivity contribution in [1.82, 2.24) is 4.37 Å². The average Bonchev–Trinajstić information content (AvgIpc) is 3.03. The summed E-state index contributed by atoms with van der Waals surface area (Å²) in [5.74, 6) is 1.21. The van der Waals surface area contributed by atoms with E-state index < -0.39 is 5.60 Å². The highest BCUT2D eigenvalue weighted by Gasteiger charge is 2.40. The summed E-state index contributed by atoms with van der Waals surface area (Å²) < 4.78 is 9.63. The molecule has 1 aliphatic heterocycles. The highest BCUT2D eigenvalue weighted by molar-refractivity contribution is 7.10. The van der Waals surface area contributed by atoms with E-state index in [2.05, 4.69) is 9.69 Å². The second-order valence-electron chi connectivity index (χ2n) is 5.31. The molecular weight excluding hydrogens is 250 g/mol. The molecule has 100 valence electrons. The quantitative estimate of drug-likeness (QED) is 0.773. The zero-order chi connectivity index (χ0) is 12.8. The lowest BCUT2D eigenvalue weighted by Gasteiger charge is -2.26. The first-order valence-corrected chi connectivity index (χ1v) is 7.20. The molecule has 2 fully saturated rings. The first-order valence-electron chi connectivity index (χ1n) is 6.43. The number of nitrogens with one attached hydrogen (secondary N) is 1. The molecule has 1 aromatic heterocycles. The predicted octanol–water partition coefficient (Wildman–Crippen LogP) is 1.55. The first kappa shape index (κ1) is 12.2. The number of rotatable bonds is 4. The van der Waals surface area contributed by atoms with E-state index in [1.165, 1.54) is 24.4 Å². The maximum absolute atomic E-state index is 10.4. The maximum Gasteiger partial charge on any atom is 0.142 e. The summed E-state index contributed by atoms with van der Waals surface area (Å²) in [7, 11) is 0. The van der Waals surface area contributed by atoms with Crippen LogP contribution in [0.3, 0.4) is 0 Å². The fourth-order valence-electron chi connectivity index (χ4n) is 2.44. The Labute approximate surface area is 111 Å². The topological polar surface area (TPSA) is 80.4 Å². The molecule has 6 heteroatoms. The zero-order valence-corrected chi connectivity index (χ0v) is 11.3. The van der Waals surface area contributed by atoms with Gasteiger partial charge in [-0.1, -0.05) is 0 Å². The number of nitrogen functional groups attached to an aromatic ring is 1. The SMILES string of the molecule is CC1OCCC1(O)CNc1snc(N)c1C1CC1. The summed E-state index contributed by atoms with van der Waals surface area (Å²) in [5.41, 5.74) is 6.27. The van der Waals surface area contributed by atoms with Gasteiger partial charge in [-0.3, -0.25) is 0 Å². The third kappa shape index (κ3) is 2.08. The third-order valence-corrected chi connectivity index (χ3v) is 4.79. The Morgan fingerprint density at radius 3 is 3.00 bits per heavy atom. The highest BCUT2D eigenvalue weighted by Crippen LogP contribution is 2.47. The van der Waals surface area contributed by atoms with Crippen molar-refractivity contribution in [3.63, 3.8) is 0 Å².